The number of nitrogens with one attached hydrogen (secondary N) is 1. The van der Waals surface area contributed by atoms with Gasteiger partial charge in [-0.2, -0.15) is 0 Å². The van der Waals surface area contributed by atoms with Crippen LogP contribution in [0.2, 0.25) is 0 Å². The van der Waals surface area contributed by atoms with Crippen LogP contribution < -0.4 is 5.32 Å². The molecule has 0 aromatic heterocycles. The second kappa shape index (κ2) is 8.35. The smallest absolute Gasteiger partial charge is 0.0695 e. The van der Waals surface area contributed by atoms with Gasteiger partial charge in [0.05, 0.1) is 6.10 Å². The Balaban J connectivity index is 2.00. The first-order valence-corrected chi connectivity index (χ1v) is 8.91. The van der Waals surface area contributed by atoms with Gasteiger partial charge in [-0.15, -0.1) is 0 Å². The maximum atomic E-state index is 10.5. The molecule has 2 fully saturated rings. The van der Waals surface area contributed by atoms with E-state index in [1.165, 1.54) is 57.9 Å². The third kappa shape index (κ3) is 4.19. The SMILES string of the molecule is CCCNC(C)C1CCCCN1C1CCCCCC1O. The summed E-state index contributed by atoms with van der Waals surface area (Å²) in [5.41, 5.74) is 0. The van der Waals surface area contributed by atoms with Gasteiger partial charge in [0.1, 0.15) is 0 Å². The van der Waals surface area contributed by atoms with Crippen LogP contribution in [0.25, 0.3) is 0 Å². The normalized spacial score (nSPS) is 34.6. The largest absolute Gasteiger partial charge is 0.391 e. The number of aliphatic hydroxyl groups excluding tert-OH is 1. The average molecular weight is 282 g/mol. The number of likely N-dealkylation sites (tertiary alicyclic amines) is 1. The molecule has 0 bridgehead atoms. The van der Waals surface area contributed by atoms with Gasteiger partial charge in [-0.3, -0.25) is 4.90 Å². The molecule has 118 valence electrons. The molecule has 0 aromatic rings. The Kier molecular flexibility index (Phi) is 6.79. The van der Waals surface area contributed by atoms with Crippen molar-refractivity contribution < 1.29 is 5.11 Å². The lowest BCUT2D eigenvalue weighted by Crippen LogP contribution is -2.57. The Morgan fingerprint density at radius 1 is 1.10 bits per heavy atom. The highest BCUT2D eigenvalue weighted by molar-refractivity contribution is 4.92. The Bertz CT molecular complexity index is 272. The van der Waals surface area contributed by atoms with Crippen LogP contribution in [-0.4, -0.2) is 47.3 Å². The van der Waals surface area contributed by atoms with Crippen LogP contribution in [0.15, 0.2) is 0 Å². The molecule has 3 heteroatoms. The first-order valence-electron chi connectivity index (χ1n) is 8.91. The first kappa shape index (κ1) is 16.3. The number of aliphatic hydroxyl groups is 1. The zero-order valence-corrected chi connectivity index (χ0v) is 13.5. The molecule has 4 unspecified atom stereocenters. The van der Waals surface area contributed by atoms with Gasteiger partial charge < -0.3 is 10.4 Å². The predicted octanol–water partition coefficient (Wildman–Crippen LogP) is 2.92. The lowest BCUT2D eigenvalue weighted by Gasteiger charge is -2.45. The standard InChI is InChI=1S/C17H34N2O/c1-3-12-18-14(2)15-9-7-8-13-19(15)16-10-5-4-6-11-17(16)20/h14-18,20H,3-13H2,1-2H3. The van der Waals surface area contributed by atoms with Crippen LogP contribution in [0, 0.1) is 0 Å². The molecule has 1 aliphatic carbocycles. The van der Waals surface area contributed by atoms with Crippen molar-refractivity contribution in [1.29, 1.82) is 0 Å². The van der Waals surface area contributed by atoms with Crippen LogP contribution in [0.3, 0.4) is 0 Å². The monoisotopic (exact) mass is 282 g/mol. The summed E-state index contributed by atoms with van der Waals surface area (Å²) in [5, 5.41) is 14.2. The minimum absolute atomic E-state index is 0.100. The molecule has 1 heterocycles. The third-order valence-electron chi connectivity index (χ3n) is 5.26. The molecule has 2 aliphatic rings. The van der Waals surface area contributed by atoms with Gasteiger partial charge in [0.25, 0.3) is 0 Å². The zero-order chi connectivity index (χ0) is 14.4. The lowest BCUT2D eigenvalue weighted by atomic mass is 9.91. The van der Waals surface area contributed by atoms with Crippen molar-refractivity contribution >= 4 is 0 Å². The molecule has 1 aliphatic heterocycles. The van der Waals surface area contributed by atoms with Gasteiger partial charge >= 0.3 is 0 Å². The topological polar surface area (TPSA) is 35.5 Å². The van der Waals surface area contributed by atoms with Crippen molar-refractivity contribution in [3.8, 4) is 0 Å². The van der Waals surface area contributed by atoms with Crippen molar-refractivity contribution in [2.75, 3.05) is 13.1 Å². The highest BCUT2D eigenvalue weighted by atomic mass is 16.3. The summed E-state index contributed by atoms with van der Waals surface area (Å²) < 4.78 is 0. The van der Waals surface area contributed by atoms with E-state index in [1.54, 1.807) is 0 Å². The summed E-state index contributed by atoms with van der Waals surface area (Å²) in [6.45, 7) is 6.86. The van der Waals surface area contributed by atoms with E-state index in [-0.39, 0.29) is 6.10 Å². The Morgan fingerprint density at radius 3 is 2.65 bits per heavy atom. The second-order valence-corrected chi connectivity index (χ2v) is 6.82. The van der Waals surface area contributed by atoms with E-state index in [1.807, 2.05) is 0 Å². The van der Waals surface area contributed by atoms with E-state index in [0.717, 1.165) is 13.0 Å². The van der Waals surface area contributed by atoms with Crippen molar-refractivity contribution in [3.05, 3.63) is 0 Å². The van der Waals surface area contributed by atoms with Crippen LogP contribution in [0.4, 0.5) is 0 Å². The van der Waals surface area contributed by atoms with Crippen LogP contribution >= 0.6 is 0 Å². The average Bonchev–Trinajstić information content (AvgIpc) is 2.69. The van der Waals surface area contributed by atoms with Crippen LogP contribution in [0.1, 0.15) is 71.6 Å². The Hall–Kier alpha value is -0.120. The molecule has 0 spiro atoms. The maximum Gasteiger partial charge on any atom is 0.0695 e. The van der Waals surface area contributed by atoms with Crippen molar-refractivity contribution in [1.82, 2.24) is 10.2 Å². The minimum atomic E-state index is -0.100. The fourth-order valence-corrected chi connectivity index (χ4v) is 4.09. The van der Waals surface area contributed by atoms with E-state index in [0.29, 0.717) is 18.1 Å². The molecule has 0 amide bonds. The Morgan fingerprint density at radius 2 is 1.85 bits per heavy atom. The van der Waals surface area contributed by atoms with Gasteiger partial charge in [0, 0.05) is 18.1 Å². The van der Waals surface area contributed by atoms with E-state index in [9.17, 15) is 5.11 Å². The van der Waals surface area contributed by atoms with E-state index in [2.05, 4.69) is 24.1 Å². The molecule has 1 saturated carbocycles. The zero-order valence-electron chi connectivity index (χ0n) is 13.5. The first-order chi connectivity index (χ1) is 9.74. The molecule has 0 aromatic carbocycles. The number of hydrogen-bond acceptors (Lipinski definition) is 3. The van der Waals surface area contributed by atoms with Gasteiger partial charge in [0.2, 0.25) is 0 Å². The number of rotatable bonds is 5. The summed E-state index contributed by atoms with van der Waals surface area (Å²) >= 11 is 0. The third-order valence-corrected chi connectivity index (χ3v) is 5.26. The van der Waals surface area contributed by atoms with Crippen molar-refractivity contribution in [3.63, 3.8) is 0 Å². The van der Waals surface area contributed by atoms with Gasteiger partial charge in [-0.05, 0) is 52.1 Å². The summed E-state index contributed by atoms with van der Waals surface area (Å²) in [5.74, 6) is 0. The van der Waals surface area contributed by atoms with E-state index < -0.39 is 0 Å². The summed E-state index contributed by atoms with van der Waals surface area (Å²) in [6, 6.07) is 1.58. The van der Waals surface area contributed by atoms with Gasteiger partial charge in [0.15, 0.2) is 0 Å². The molecule has 1 saturated heterocycles. The number of piperidine rings is 1. The van der Waals surface area contributed by atoms with Gasteiger partial charge in [-0.1, -0.05) is 32.6 Å². The highest BCUT2D eigenvalue weighted by Gasteiger charge is 2.35. The van der Waals surface area contributed by atoms with Crippen LogP contribution in [0.5, 0.6) is 0 Å². The van der Waals surface area contributed by atoms with Crippen LogP contribution in [-0.2, 0) is 0 Å². The van der Waals surface area contributed by atoms with Crippen molar-refractivity contribution in [2.45, 2.75) is 95.9 Å². The Labute approximate surface area is 125 Å². The number of nitrogens with zero attached hydrogens (tertiary/aromatic N) is 1. The second-order valence-electron chi connectivity index (χ2n) is 6.82. The molecular weight excluding hydrogens is 248 g/mol. The lowest BCUT2D eigenvalue weighted by molar-refractivity contribution is -0.00517. The molecule has 2 rings (SSSR count). The van der Waals surface area contributed by atoms with Gasteiger partial charge in [-0.25, -0.2) is 0 Å². The molecular formula is C17H34N2O. The fourth-order valence-electron chi connectivity index (χ4n) is 4.09. The summed E-state index contributed by atoms with van der Waals surface area (Å²) in [7, 11) is 0. The molecule has 3 nitrogen and oxygen atoms in total. The molecule has 2 N–H and O–H groups in total. The number of hydrogen-bond donors (Lipinski definition) is 2. The summed E-state index contributed by atoms with van der Waals surface area (Å²) in [6.07, 6.45) is 11.0. The predicted molar refractivity (Wildman–Crippen MR) is 85.0 cm³/mol. The van der Waals surface area contributed by atoms with Crippen molar-refractivity contribution in [2.24, 2.45) is 0 Å². The quantitative estimate of drug-likeness (QED) is 0.761. The maximum absolute atomic E-state index is 10.5. The minimum Gasteiger partial charge on any atom is -0.391 e. The fraction of sp³-hybridized carbons (Fsp3) is 1.00. The van der Waals surface area contributed by atoms with E-state index >= 15 is 0 Å². The van der Waals surface area contributed by atoms with E-state index in [4.69, 9.17) is 0 Å². The summed E-state index contributed by atoms with van der Waals surface area (Å²) in [4.78, 5) is 2.66. The molecule has 4 atom stereocenters. The molecule has 0 radical (unpaired) electrons. The molecule has 20 heavy (non-hydrogen) atoms. The highest BCUT2D eigenvalue weighted by Crippen LogP contribution is 2.29.